The van der Waals surface area contributed by atoms with E-state index in [-0.39, 0.29) is 6.10 Å². The van der Waals surface area contributed by atoms with Crippen LogP contribution in [0.25, 0.3) is 82.7 Å². The van der Waals surface area contributed by atoms with Crippen LogP contribution in [0.5, 0.6) is 5.75 Å². The molecule has 212 valence electrons. The molecule has 6 aromatic carbocycles. The minimum absolute atomic E-state index is 0.109. The third kappa shape index (κ3) is 3.64. The first-order valence-corrected chi connectivity index (χ1v) is 15.5. The fourth-order valence-corrected chi connectivity index (χ4v) is 7.44. The van der Waals surface area contributed by atoms with E-state index in [1.165, 1.54) is 44.2 Å². The third-order valence-corrected chi connectivity index (χ3v) is 9.53. The van der Waals surface area contributed by atoms with Gasteiger partial charge in [0.05, 0.1) is 5.52 Å². The Bertz CT molecular complexity index is 2560. The van der Waals surface area contributed by atoms with Gasteiger partial charge in [-0.05, 0) is 52.6 Å². The number of aromatic nitrogens is 1. The maximum Gasteiger partial charge on any atom is 0.143 e. The summed E-state index contributed by atoms with van der Waals surface area (Å²) in [5.74, 6) is 0.977. The predicted octanol–water partition coefficient (Wildman–Crippen LogP) is 11.3. The van der Waals surface area contributed by atoms with E-state index in [1.54, 1.807) is 0 Å². The summed E-state index contributed by atoms with van der Waals surface area (Å²) < 4.78 is 12.7. The monoisotopic (exact) mass is 577 g/mol. The molecule has 0 bridgehead atoms. The van der Waals surface area contributed by atoms with Gasteiger partial charge in [-0.25, -0.2) is 0 Å². The predicted molar refractivity (Wildman–Crippen MR) is 186 cm³/mol. The van der Waals surface area contributed by atoms with Crippen LogP contribution in [0.3, 0.4) is 0 Å². The number of para-hydroxylation sites is 3. The van der Waals surface area contributed by atoms with Crippen molar-refractivity contribution in [1.29, 1.82) is 0 Å². The van der Waals surface area contributed by atoms with Crippen molar-refractivity contribution in [2.45, 2.75) is 12.5 Å². The van der Waals surface area contributed by atoms with Gasteiger partial charge in [-0.2, -0.15) is 0 Å². The lowest BCUT2D eigenvalue weighted by Crippen LogP contribution is -2.12. The molecule has 0 radical (unpaired) electrons. The van der Waals surface area contributed by atoms with E-state index in [9.17, 15) is 0 Å². The number of H-pyrrole nitrogens is 1. The minimum Gasteiger partial charge on any atom is -0.485 e. The number of nitrogens with one attached hydrogen (secondary N) is 1. The Kier molecular flexibility index (Phi) is 5.11. The highest BCUT2D eigenvalue weighted by Crippen LogP contribution is 2.46. The molecule has 1 atom stereocenters. The average molecular weight is 578 g/mol. The summed E-state index contributed by atoms with van der Waals surface area (Å²) in [5, 5.41) is 4.71. The Labute approximate surface area is 259 Å². The lowest BCUT2D eigenvalue weighted by Gasteiger charge is -2.13. The van der Waals surface area contributed by atoms with Gasteiger partial charge in [0.1, 0.15) is 23.0 Å². The van der Waals surface area contributed by atoms with E-state index in [0.717, 1.165) is 56.3 Å². The first-order chi connectivity index (χ1) is 22.3. The molecule has 0 fully saturated rings. The molecule has 3 heterocycles. The number of fused-ring (bicyclic) bond motifs is 9. The van der Waals surface area contributed by atoms with Crippen molar-refractivity contribution in [1.82, 2.24) is 4.98 Å². The van der Waals surface area contributed by atoms with E-state index in [2.05, 4.69) is 132 Å². The second-order valence-corrected chi connectivity index (χ2v) is 12.0. The zero-order chi connectivity index (χ0) is 29.5. The minimum atomic E-state index is 0.109. The number of hydrogen-bond acceptors (Lipinski definition) is 2. The van der Waals surface area contributed by atoms with Crippen molar-refractivity contribution in [3.8, 4) is 39.1 Å². The van der Waals surface area contributed by atoms with Crippen molar-refractivity contribution in [2.75, 3.05) is 0 Å². The van der Waals surface area contributed by atoms with Crippen LogP contribution in [0, 0.1) is 0 Å². The Balaban J connectivity index is 1.11. The average Bonchev–Trinajstić information content (AvgIpc) is 3.79. The third-order valence-electron chi connectivity index (χ3n) is 9.53. The molecule has 1 aliphatic carbocycles. The number of hydrogen-bond donors (Lipinski definition) is 1. The maximum atomic E-state index is 6.38. The van der Waals surface area contributed by atoms with E-state index in [4.69, 9.17) is 9.15 Å². The number of benzene rings is 6. The van der Waals surface area contributed by atoms with Crippen molar-refractivity contribution in [2.24, 2.45) is 0 Å². The fourth-order valence-electron chi connectivity index (χ4n) is 7.44. The van der Waals surface area contributed by atoms with E-state index in [0.29, 0.717) is 0 Å². The second kappa shape index (κ2) is 9.35. The van der Waals surface area contributed by atoms with Crippen LogP contribution in [0.4, 0.5) is 0 Å². The summed E-state index contributed by atoms with van der Waals surface area (Å²) >= 11 is 0. The first-order valence-electron chi connectivity index (χ1n) is 15.5. The Morgan fingerprint density at radius 2 is 1.36 bits per heavy atom. The quantitative estimate of drug-likeness (QED) is 0.227. The largest absolute Gasteiger partial charge is 0.485 e. The van der Waals surface area contributed by atoms with Gasteiger partial charge in [0.2, 0.25) is 0 Å². The lowest BCUT2D eigenvalue weighted by molar-refractivity contribution is 0.279. The SMILES string of the molecule is C1=CCC2Oc3cccc(-c4cccc(-c5cccc6c5[nH]c5ccc(-c7cccc8c7oc7ccccc78)cc56)c4)c3C2=C1. The molecule has 8 aromatic rings. The molecule has 45 heavy (non-hydrogen) atoms. The van der Waals surface area contributed by atoms with Gasteiger partial charge in [-0.1, -0.05) is 109 Å². The number of allylic oxidation sites excluding steroid dienone is 2. The molecule has 2 aliphatic rings. The number of aromatic amines is 1. The van der Waals surface area contributed by atoms with Gasteiger partial charge < -0.3 is 14.1 Å². The topological polar surface area (TPSA) is 38.2 Å². The summed E-state index contributed by atoms with van der Waals surface area (Å²) in [4.78, 5) is 3.76. The van der Waals surface area contributed by atoms with Gasteiger partial charge >= 0.3 is 0 Å². The summed E-state index contributed by atoms with van der Waals surface area (Å²) in [7, 11) is 0. The van der Waals surface area contributed by atoms with Crippen molar-refractivity contribution < 1.29 is 9.15 Å². The number of ether oxygens (including phenoxy) is 1. The number of rotatable bonds is 3. The fraction of sp³-hybridized carbons (Fsp3) is 0.0476. The van der Waals surface area contributed by atoms with Gasteiger partial charge in [-0.15, -0.1) is 0 Å². The molecular weight excluding hydrogens is 550 g/mol. The van der Waals surface area contributed by atoms with E-state index < -0.39 is 0 Å². The van der Waals surface area contributed by atoms with Gasteiger partial charge in [0.15, 0.2) is 0 Å². The first kappa shape index (κ1) is 24.6. The van der Waals surface area contributed by atoms with Crippen molar-refractivity contribution in [3.63, 3.8) is 0 Å². The standard InChI is InChI=1S/C42H27NO2/c1-3-18-37-31(11-1)33-17-7-15-30(42(33)45-37)27-21-22-36-35(24-27)32-16-6-14-29(41(32)43-36)26-10-5-9-25(23-26)28-13-8-20-39-40(28)34-12-2-4-19-38(34)44-39/h1-18,20-24,38,43H,19H2. The van der Waals surface area contributed by atoms with Gasteiger partial charge in [-0.3, -0.25) is 0 Å². The Morgan fingerprint density at radius 1 is 0.600 bits per heavy atom. The highest BCUT2D eigenvalue weighted by molar-refractivity contribution is 6.14. The Morgan fingerprint density at radius 3 is 2.31 bits per heavy atom. The van der Waals surface area contributed by atoms with Crippen LogP contribution >= 0.6 is 0 Å². The van der Waals surface area contributed by atoms with Crippen molar-refractivity contribution in [3.05, 3.63) is 145 Å². The second-order valence-electron chi connectivity index (χ2n) is 12.0. The molecule has 0 saturated carbocycles. The molecule has 0 saturated heterocycles. The zero-order valence-corrected chi connectivity index (χ0v) is 24.4. The smallest absolute Gasteiger partial charge is 0.143 e. The molecule has 10 rings (SSSR count). The van der Waals surface area contributed by atoms with Crippen LogP contribution in [-0.4, -0.2) is 11.1 Å². The van der Waals surface area contributed by atoms with Crippen LogP contribution in [0.15, 0.2) is 144 Å². The number of furan rings is 1. The normalized spacial score (nSPS) is 15.5. The summed E-state index contributed by atoms with van der Waals surface area (Å²) in [6, 6.07) is 43.3. The molecule has 3 nitrogen and oxygen atoms in total. The summed E-state index contributed by atoms with van der Waals surface area (Å²) in [6.45, 7) is 0. The lowest BCUT2D eigenvalue weighted by atomic mass is 9.89. The van der Waals surface area contributed by atoms with Gasteiger partial charge in [0, 0.05) is 55.7 Å². The zero-order valence-electron chi connectivity index (χ0n) is 24.4. The molecule has 1 aliphatic heterocycles. The molecule has 3 heteroatoms. The highest BCUT2D eigenvalue weighted by atomic mass is 16.5. The van der Waals surface area contributed by atoms with Crippen LogP contribution < -0.4 is 4.74 Å². The van der Waals surface area contributed by atoms with Gasteiger partial charge in [0.25, 0.3) is 0 Å². The van der Waals surface area contributed by atoms with E-state index in [1.807, 2.05) is 12.1 Å². The maximum absolute atomic E-state index is 6.38. The molecule has 0 spiro atoms. The molecule has 1 unspecified atom stereocenters. The summed E-state index contributed by atoms with van der Waals surface area (Å²) in [5.41, 5.74) is 13.6. The highest BCUT2D eigenvalue weighted by Gasteiger charge is 2.31. The van der Waals surface area contributed by atoms with Crippen LogP contribution in [-0.2, 0) is 0 Å². The molecule has 0 amide bonds. The van der Waals surface area contributed by atoms with Crippen molar-refractivity contribution >= 4 is 49.3 Å². The Hall–Kier alpha value is -5.80. The summed E-state index contributed by atoms with van der Waals surface area (Å²) in [6.07, 6.45) is 7.57. The molecular formula is C42H27NO2. The van der Waals surface area contributed by atoms with Crippen LogP contribution in [0.1, 0.15) is 12.0 Å². The van der Waals surface area contributed by atoms with Crippen LogP contribution in [0.2, 0.25) is 0 Å². The van der Waals surface area contributed by atoms with E-state index >= 15 is 0 Å². The molecule has 2 aromatic heterocycles. The molecule has 1 N–H and O–H groups in total.